The predicted octanol–water partition coefficient (Wildman–Crippen LogP) is 5.10. The number of nitrogens with zero attached hydrogens (tertiary/aromatic N) is 1. The number of anilines is 3. The number of nitrogens with one attached hydrogen (secondary N) is 2. The SMILES string of the molecule is COc1ccccc1NC(=O)Cc1csc(Nc2cccc(C(F)(F)F)c2)n1. The highest BCUT2D eigenvalue weighted by Gasteiger charge is 2.30. The predicted molar refractivity (Wildman–Crippen MR) is 102 cm³/mol. The molecule has 0 aliphatic rings. The molecule has 0 saturated carbocycles. The van der Waals surface area contributed by atoms with Crippen LogP contribution in [0.25, 0.3) is 0 Å². The van der Waals surface area contributed by atoms with Crippen molar-refractivity contribution >= 4 is 33.8 Å². The van der Waals surface area contributed by atoms with Crippen LogP contribution in [0.2, 0.25) is 0 Å². The van der Waals surface area contributed by atoms with Crippen molar-refractivity contribution in [1.82, 2.24) is 4.98 Å². The third-order valence-corrected chi connectivity index (χ3v) is 4.52. The lowest BCUT2D eigenvalue weighted by atomic mass is 10.2. The standard InChI is InChI=1S/C19H16F3N3O2S/c1-27-16-8-3-2-7-15(16)25-17(26)10-14-11-28-18(24-14)23-13-6-4-5-12(9-13)19(20,21)22/h2-9,11H,10H2,1H3,(H,23,24)(H,25,26). The number of benzene rings is 2. The summed E-state index contributed by atoms with van der Waals surface area (Å²) in [7, 11) is 1.51. The van der Waals surface area contributed by atoms with Gasteiger partial charge in [-0.3, -0.25) is 4.79 Å². The fourth-order valence-electron chi connectivity index (χ4n) is 2.45. The maximum Gasteiger partial charge on any atom is 0.416 e. The van der Waals surface area contributed by atoms with Crippen LogP contribution < -0.4 is 15.4 Å². The van der Waals surface area contributed by atoms with Crippen LogP contribution in [0, 0.1) is 0 Å². The Balaban J connectivity index is 1.63. The molecule has 2 N–H and O–H groups in total. The van der Waals surface area contributed by atoms with E-state index in [0.717, 1.165) is 12.1 Å². The second-order valence-corrected chi connectivity index (χ2v) is 6.63. The number of halogens is 3. The van der Waals surface area contributed by atoms with E-state index in [0.29, 0.717) is 22.3 Å². The van der Waals surface area contributed by atoms with E-state index in [1.807, 2.05) is 0 Å². The first-order valence-corrected chi connectivity index (χ1v) is 9.04. The van der Waals surface area contributed by atoms with E-state index in [-0.39, 0.29) is 18.0 Å². The zero-order valence-corrected chi connectivity index (χ0v) is 15.5. The molecular weight excluding hydrogens is 391 g/mol. The highest BCUT2D eigenvalue weighted by Crippen LogP contribution is 2.32. The third-order valence-electron chi connectivity index (χ3n) is 3.72. The molecule has 2 aromatic carbocycles. The zero-order chi connectivity index (χ0) is 20.1. The second-order valence-electron chi connectivity index (χ2n) is 5.77. The maximum absolute atomic E-state index is 12.8. The Labute approximate surface area is 163 Å². The number of rotatable bonds is 6. The first-order chi connectivity index (χ1) is 13.3. The van der Waals surface area contributed by atoms with Gasteiger partial charge in [-0.2, -0.15) is 13.2 Å². The van der Waals surface area contributed by atoms with Crippen molar-refractivity contribution in [1.29, 1.82) is 0 Å². The summed E-state index contributed by atoms with van der Waals surface area (Å²) in [6.07, 6.45) is -4.39. The number of ether oxygens (including phenoxy) is 1. The summed E-state index contributed by atoms with van der Waals surface area (Å²) < 4.78 is 43.6. The lowest BCUT2D eigenvalue weighted by Gasteiger charge is -2.09. The normalized spacial score (nSPS) is 11.1. The summed E-state index contributed by atoms with van der Waals surface area (Å²) in [4.78, 5) is 16.5. The highest BCUT2D eigenvalue weighted by atomic mass is 32.1. The quantitative estimate of drug-likeness (QED) is 0.597. The third kappa shape index (κ3) is 5.01. The molecule has 3 rings (SSSR count). The second kappa shape index (κ2) is 8.30. The molecule has 146 valence electrons. The Morgan fingerprint density at radius 3 is 2.71 bits per heavy atom. The summed E-state index contributed by atoms with van der Waals surface area (Å²) in [5.74, 6) is 0.265. The van der Waals surface area contributed by atoms with Gasteiger partial charge < -0.3 is 15.4 Å². The van der Waals surface area contributed by atoms with Crippen LogP contribution in [0.1, 0.15) is 11.3 Å². The minimum absolute atomic E-state index is 0.0266. The summed E-state index contributed by atoms with van der Waals surface area (Å²) in [5.41, 5.74) is 0.582. The first kappa shape index (κ1) is 19.7. The van der Waals surface area contributed by atoms with E-state index in [4.69, 9.17) is 4.74 Å². The number of hydrogen-bond donors (Lipinski definition) is 2. The average Bonchev–Trinajstić information content (AvgIpc) is 3.08. The summed E-state index contributed by atoms with van der Waals surface area (Å²) in [5, 5.41) is 7.66. The Hall–Kier alpha value is -3.07. The van der Waals surface area contributed by atoms with Gasteiger partial charge in [0.25, 0.3) is 0 Å². The fraction of sp³-hybridized carbons (Fsp3) is 0.158. The van der Waals surface area contributed by atoms with Crippen LogP contribution in [-0.2, 0) is 17.4 Å². The van der Waals surface area contributed by atoms with Gasteiger partial charge in [0, 0.05) is 11.1 Å². The minimum atomic E-state index is -4.41. The minimum Gasteiger partial charge on any atom is -0.495 e. The number of thiazole rings is 1. The zero-order valence-electron chi connectivity index (χ0n) is 14.7. The summed E-state index contributed by atoms with van der Waals surface area (Å²) in [6, 6.07) is 11.9. The molecule has 0 saturated heterocycles. The Morgan fingerprint density at radius 1 is 1.18 bits per heavy atom. The van der Waals surface area contributed by atoms with Gasteiger partial charge in [0.05, 0.1) is 30.5 Å². The molecule has 0 radical (unpaired) electrons. The number of hydrogen-bond acceptors (Lipinski definition) is 5. The molecule has 5 nitrogen and oxygen atoms in total. The van der Waals surface area contributed by atoms with Gasteiger partial charge in [-0.1, -0.05) is 18.2 Å². The molecule has 0 aliphatic carbocycles. The van der Waals surface area contributed by atoms with Gasteiger partial charge in [-0.15, -0.1) is 11.3 Å². The molecule has 1 aromatic heterocycles. The number of alkyl halides is 3. The van der Waals surface area contributed by atoms with Gasteiger partial charge in [0.15, 0.2) is 5.13 Å². The molecule has 28 heavy (non-hydrogen) atoms. The molecule has 3 aromatic rings. The van der Waals surface area contributed by atoms with E-state index in [2.05, 4.69) is 15.6 Å². The first-order valence-electron chi connectivity index (χ1n) is 8.16. The van der Waals surface area contributed by atoms with Crippen LogP contribution >= 0.6 is 11.3 Å². The van der Waals surface area contributed by atoms with Crippen LogP contribution in [0.15, 0.2) is 53.9 Å². The monoisotopic (exact) mass is 407 g/mol. The maximum atomic E-state index is 12.8. The van der Waals surface area contributed by atoms with Gasteiger partial charge in [0.2, 0.25) is 5.91 Å². The number of aromatic nitrogens is 1. The van der Waals surface area contributed by atoms with Crippen molar-refractivity contribution in [2.45, 2.75) is 12.6 Å². The Kier molecular flexibility index (Phi) is 5.84. The fourth-order valence-corrected chi connectivity index (χ4v) is 3.18. The van der Waals surface area contributed by atoms with Crippen molar-refractivity contribution in [3.63, 3.8) is 0 Å². The average molecular weight is 407 g/mol. The number of carbonyl (C=O) groups is 1. The lowest BCUT2D eigenvalue weighted by molar-refractivity contribution is -0.137. The molecular formula is C19H16F3N3O2S. The molecule has 1 amide bonds. The van der Waals surface area contributed by atoms with Crippen LogP contribution in [0.4, 0.5) is 29.7 Å². The van der Waals surface area contributed by atoms with Gasteiger partial charge in [0.1, 0.15) is 5.75 Å². The highest BCUT2D eigenvalue weighted by molar-refractivity contribution is 7.13. The van der Waals surface area contributed by atoms with Crippen LogP contribution in [-0.4, -0.2) is 18.0 Å². The largest absolute Gasteiger partial charge is 0.495 e. The number of para-hydroxylation sites is 2. The Bertz CT molecular complexity index is 973. The van der Waals surface area contributed by atoms with Crippen molar-refractivity contribution in [2.24, 2.45) is 0 Å². The number of carbonyl (C=O) groups excluding carboxylic acids is 1. The topological polar surface area (TPSA) is 63.2 Å². The van der Waals surface area contributed by atoms with Crippen molar-refractivity contribution in [3.8, 4) is 5.75 Å². The Morgan fingerprint density at radius 2 is 1.96 bits per heavy atom. The van der Waals surface area contributed by atoms with E-state index in [1.165, 1.54) is 30.6 Å². The van der Waals surface area contributed by atoms with E-state index >= 15 is 0 Å². The molecule has 0 bridgehead atoms. The molecule has 0 fully saturated rings. The van der Waals surface area contributed by atoms with Crippen molar-refractivity contribution in [2.75, 3.05) is 17.7 Å². The lowest BCUT2D eigenvalue weighted by Crippen LogP contribution is -2.15. The number of methoxy groups -OCH3 is 1. The van der Waals surface area contributed by atoms with E-state index in [9.17, 15) is 18.0 Å². The molecule has 1 heterocycles. The molecule has 0 unspecified atom stereocenters. The van der Waals surface area contributed by atoms with Crippen molar-refractivity contribution < 1.29 is 22.7 Å². The molecule has 0 spiro atoms. The summed E-state index contributed by atoms with van der Waals surface area (Å²) in [6.45, 7) is 0. The van der Waals surface area contributed by atoms with Gasteiger partial charge in [-0.25, -0.2) is 4.98 Å². The van der Waals surface area contributed by atoms with Crippen LogP contribution in [0.5, 0.6) is 5.75 Å². The van der Waals surface area contributed by atoms with E-state index < -0.39 is 11.7 Å². The smallest absolute Gasteiger partial charge is 0.416 e. The molecule has 0 atom stereocenters. The van der Waals surface area contributed by atoms with Crippen molar-refractivity contribution in [3.05, 3.63) is 65.2 Å². The van der Waals surface area contributed by atoms with Gasteiger partial charge in [-0.05, 0) is 30.3 Å². The van der Waals surface area contributed by atoms with Crippen LogP contribution in [0.3, 0.4) is 0 Å². The molecule has 9 heteroatoms. The van der Waals surface area contributed by atoms with E-state index in [1.54, 1.807) is 29.6 Å². The summed E-state index contributed by atoms with van der Waals surface area (Å²) >= 11 is 1.21. The number of amides is 1. The van der Waals surface area contributed by atoms with Gasteiger partial charge >= 0.3 is 6.18 Å². The molecule has 0 aliphatic heterocycles.